The van der Waals surface area contributed by atoms with Crippen LogP contribution in [-0.2, 0) is 0 Å². The van der Waals surface area contributed by atoms with Gasteiger partial charge in [-0.15, -0.1) is 0 Å². The average molecular weight is 255 g/mol. The Morgan fingerprint density at radius 1 is 1.62 bits per heavy atom. The molecule has 2 atom stereocenters. The summed E-state index contributed by atoms with van der Waals surface area (Å²) < 4.78 is 0. The minimum absolute atomic E-state index is 0.342. The predicted molar refractivity (Wildman–Crippen MR) is 73.1 cm³/mol. The van der Waals surface area contributed by atoms with Crippen molar-refractivity contribution in [3.8, 4) is 0 Å². The summed E-state index contributed by atoms with van der Waals surface area (Å²) >= 11 is 11.0. The largest absolute Gasteiger partial charge is 0.389 e. The number of benzene rings is 1. The van der Waals surface area contributed by atoms with Gasteiger partial charge in [0.15, 0.2) is 0 Å². The van der Waals surface area contributed by atoms with E-state index in [1.807, 2.05) is 18.2 Å². The molecule has 3 N–H and O–H groups in total. The molecule has 4 heteroatoms. The van der Waals surface area contributed by atoms with Gasteiger partial charge >= 0.3 is 0 Å². The lowest BCUT2D eigenvalue weighted by molar-refractivity contribution is 0.775. The maximum atomic E-state index is 6.09. The van der Waals surface area contributed by atoms with Crippen molar-refractivity contribution in [2.75, 3.05) is 5.32 Å². The number of anilines is 1. The number of halogens is 1. The van der Waals surface area contributed by atoms with E-state index in [2.05, 4.69) is 12.2 Å². The Hall–Kier alpha value is -0.800. The van der Waals surface area contributed by atoms with Gasteiger partial charge in [-0.2, -0.15) is 0 Å². The number of rotatable bonds is 4. The zero-order chi connectivity index (χ0) is 11.7. The first-order chi connectivity index (χ1) is 7.61. The highest BCUT2D eigenvalue weighted by Gasteiger charge is 2.35. The summed E-state index contributed by atoms with van der Waals surface area (Å²) in [7, 11) is 0. The zero-order valence-electron chi connectivity index (χ0n) is 9.16. The topological polar surface area (TPSA) is 38.0 Å². The number of thiocarbonyl (C=S) groups is 1. The molecule has 0 aromatic heterocycles. The first kappa shape index (κ1) is 11.7. The van der Waals surface area contributed by atoms with Crippen LogP contribution in [0.25, 0.3) is 0 Å². The molecule has 1 aromatic carbocycles. The van der Waals surface area contributed by atoms with Gasteiger partial charge in [0.2, 0.25) is 0 Å². The van der Waals surface area contributed by atoms with Crippen molar-refractivity contribution in [1.29, 1.82) is 0 Å². The third-order valence-corrected chi connectivity index (χ3v) is 3.57. The van der Waals surface area contributed by atoms with Gasteiger partial charge in [-0.05, 0) is 30.5 Å². The van der Waals surface area contributed by atoms with E-state index in [1.165, 1.54) is 12.8 Å². The molecule has 1 aliphatic rings. The minimum atomic E-state index is 0.342. The Labute approximate surface area is 106 Å². The van der Waals surface area contributed by atoms with Gasteiger partial charge in [-0.1, -0.05) is 37.2 Å². The average Bonchev–Trinajstić information content (AvgIpc) is 2.96. The maximum Gasteiger partial charge on any atom is 0.105 e. The highest BCUT2D eigenvalue weighted by molar-refractivity contribution is 7.80. The molecule has 86 valence electrons. The lowest BCUT2D eigenvalue weighted by atomic mass is 10.2. The Bertz CT molecular complexity index is 419. The number of hydrogen-bond acceptors (Lipinski definition) is 2. The fraction of sp³-hybridized carbons (Fsp3) is 0.417. The molecule has 0 heterocycles. The predicted octanol–water partition coefficient (Wildman–Crippen LogP) is 3.18. The molecule has 16 heavy (non-hydrogen) atoms. The molecule has 1 fully saturated rings. The van der Waals surface area contributed by atoms with Crippen LogP contribution in [0.5, 0.6) is 0 Å². The van der Waals surface area contributed by atoms with Crippen LogP contribution in [0.1, 0.15) is 25.3 Å². The molecule has 0 spiro atoms. The van der Waals surface area contributed by atoms with Crippen molar-refractivity contribution >= 4 is 34.5 Å². The van der Waals surface area contributed by atoms with E-state index >= 15 is 0 Å². The van der Waals surface area contributed by atoms with Gasteiger partial charge < -0.3 is 11.1 Å². The highest BCUT2D eigenvalue weighted by Crippen LogP contribution is 2.36. The van der Waals surface area contributed by atoms with Crippen LogP contribution in [-0.4, -0.2) is 11.0 Å². The van der Waals surface area contributed by atoms with Crippen LogP contribution >= 0.6 is 23.8 Å². The second-order valence-corrected chi connectivity index (χ2v) is 5.06. The molecule has 2 rings (SSSR count). The van der Waals surface area contributed by atoms with Crippen LogP contribution in [0.4, 0.5) is 5.69 Å². The fourth-order valence-electron chi connectivity index (χ4n) is 1.89. The Kier molecular flexibility index (Phi) is 3.36. The molecule has 0 aliphatic heterocycles. The van der Waals surface area contributed by atoms with Gasteiger partial charge in [0.25, 0.3) is 0 Å². The molecular formula is C12H15ClN2S. The molecule has 1 saturated carbocycles. The van der Waals surface area contributed by atoms with Crippen LogP contribution in [0, 0.1) is 5.92 Å². The molecule has 2 nitrogen and oxygen atoms in total. The number of nitrogens with one attached hydrogen (secondary N) is 1. The molecule has 0 radical (unpaired) electrons. The van der Waals surface area contributed by atoms with E-state index in [4.69, 9.17) is 29.6 Å². The fourth-order valence-corrected chi connectivity index (χ4v) is 2.41. The summed E-state index contributed by atoms with van der Waals surface area (Å²) in [6.45, 7) is 2.22. The summed E-state index contributed by atoms with van der Waals surface area (Å²) in [5.74, 6) is 0.814. The molecular weight excluding hydrogens is 240 g/mol. The summed E-state index contributed by atoms with van der Waals surface area (Å²) in [5, 5.41) is 4.07. The van der Waals surface area contributed by atoms with Gasteiger partial charge in [0.1, 0.15) is 4.99 Å². The highest BCUT2D eigenvalue weighted by atomic mass is 35.5. The van der Waals surface area contributed by atoms with E-state index in [0.717, 1.165) is 17.2 Å². The third kappa shape index (κ3) is 2.47. The second-order valence-electron chi connectivity index (χ2n) is 4.21. The van der Waals surface area contributed by atoms with Crippen LogP contribution < -0.4 is 11.1 Å². The Morgan fingerprint density at radius 3 is 2.88 bits per heavy atom. The van der Waals surface area contributed by atoms with Gasteiger partial charge in [0.05, 0.1) is 5.02 Å². The monoisotopic (exact) mass is 254 g/mol. The second kappa shape index (κ2) is 4.60. The number of nitrogens with two attached hydrogens (primary N) is 1. The molecule has 0 amide bonds. The van der Waals surface area contributed by atoms with Crippen LogP contribution in [0.15, 0.2) is 18.2 Å². The first-order valence-electron chi connectivity index (χ1n) is 5.47. The standard InChI is InChI=1S/C12H15ClN2S/c1-2-7-5-11(7)15-8-3-4-9(12(14)16)10(13)6-8/h3-4,6-7,11,15H,2,5H2,1H3,(H2,14,16). The van der Waals surface area contributed by atoms with Crippen LogP contribution in [0.2, 0.25) is 5.02 Å². The summed E-state index contributed by atoms with van der Waals surface area (Å²) in [6.07, 6.45) is 2.49. The smallest absolute Gasteiger partial charge is 0.105 e. The van der Waals surface area contributed by atoms with E-state index in [0.29, 0.717) is 16.1 Å². The van der Waals surface area contributed by atoms with Crippen molar-refractivity contribution in [3.63, 3.8) is 0 Å². The van der Waals surface area contributed by atoms with Gasteiger partial charge in [-0.3, -0.25) is 0 Å². The molecule has 1 aromatic rings. The first-order valence-corrected chi connectivity index (χ1v) is 6.26. The normalized spacial score (nSPS) is 22.9. The summed E-state index contributed by atoms with van der Waals surface area (Å²) in [6, 6.07) is 6.35. The van der Waals surface area contributed by atoms with E-state index in [-0.39, 0.29) is 0 Å². The number of hydrogen-bond donors (Lipinski definition) is 2. The minimum Gasteiger partial charge on any atom is -0.389 e. The van der Waals surface area contributed by atoms with Crippen molar-refractivity contribution < 1.29 is 0 Å². The lowest BCUT2D eigenvalue weighted by Gasteiger charge is -2.08. The quantitative estimate of drug-likeness (QED) is 0.811. The summed E-state index contributed by atoms with van der Waals surface area (Å²) in [5.41, 5.74) is 7.34. The van der Waals surface area contributed by atoms with E-state index < -0.39 is 0 Å². The maximum absolute atomic E-state index is 6.09. The molecule has 0 bridgehead atoms. The van der Waals surface area contributed by atoms with Crippen molar-refractivity contribution in [3.05, 3.63) is 28.8 Å². The summed E-state index contributed by atoms with van der Waals surface area (Å²) in [4.78, 5) is 0.342. The zero-order valence-corrected chi connectivity index (χ0v) is 10.7. The van der Waals surface area contributed by atoms with Crippen molar-refractivity contribution in [2.45, 2.75) is 25.8 Å². The van der Waals surface area contributed by atoms with Crippen molar-refractivity contribution in [2.24, 2.45) is 11.7 Å². The molecule has 1 aliphatic carbocycles. The Balaban J connectivity index is 2.07. The van der Waals surface area contributed by atoms with Crippen LogP contribution in [0.3, 0.4) is 0 Å². The molecule has 0 saturated heterocycles. The Morgan fingerprint density at radius 2 is 2.38 bits per heavy atom. The molecule has 2 unspecified atom stereocenters. The van der Waals surface area contributed by atoms with E-state index in [1.54, 1.807) is 0 Å². The van der Waals surface area contributed by atoms with Gasteiger partial charge in [0, 0.05) is 17.3 Å². The van der Waals surface area contributed by atoms with E-state index in [9.17, 15) is 0 Å². The lowest BCUT2D eigenvalue weighted by Crippen LogP contribution is -2.10. The van der Waals surface area contributed by atoms with Gasteiger partial charge in [-0.25, -0.2) is 0 Å². The third-order valence-electron chi connectivity index (χ3n) is 3.03. The SMILES string of the molecule is CCC1CC1Nc1ccc(C(N)=S)c(Cl)c1. The van der Waals surface area contributed by atoms with Crippen molar-refractivity contribution in [1.82, 2.24) is 0 Å².